The Morgan fingerprint density at radius 1 is 0.810 bits per heavy atom. The molecule has 0 spiro atoms. The smallest absolute Gasteiger partial charge is 0.338 e. The summed E-state index contributed by atoms with van der Waals surface area (Å²) >= 11 is 0. The van der Waals surface area contributed by atoms with E-state index in [-0.39, 0.29) is 82.7 Å². The molecule has 2 saturated heterocycles. The van der Waals surface area contributed by atoms with E-state index in [1.54, 1.807) is 26.8 Å². The molecule has 5 aliphatic rings. The predicted molar refractivity (Wildman–Crippen MR) is 223 cm³/mol. The molecule has 2 fully saturated rings. The molecule has 3 aromatic carbocycles. The molecule has 63 heavy (non-hydrogen) atoms. The van der Waals surface area contributed by atoms with E-state index >= 15 is 14.4 Å². The first-order chi connectivity index (χ1) is 30.4. The van der Waals surface area contributed by atoms with Crippen LogP contribution in [0.15, 0.2) is 87.5 Å². The molecule has 0 radical (unpaired) electrons. The highest BCUT2D eigenvalue weighted by molar-refractivity contribution is 6.05. The summed E-state index contributed by atoms with van der Waals surface area (Å²) in [6.07, 6.45) is -8.30. The number of carbonyl (C=O) groups excluding carboxylic acids is 1. The van der Waals surface area contributed by atoms with Crippen LogP contribution in [-0.4, -0.2) is 82.6 Å². The minimum absolute atomic E-state index is 0.0148. The molecular weight excluding hydrogens is 815 g/mol. The van der Waals surface area contributed by atoms with Crippen molar-refractivity contribution in [2.24, 2.45) is 5.11 Å². The van der Waals surface area contributed by atoms with Gasteiger partial charge in [-0.2, -0.15) is 4.79 Å². The van der Waals surface area contributed by atoms with E-state index in [4.69, 9.17) is 38.7 Å². The van der Waals surface area contributed by atoms with E-state index < -0.39 is 82.8 Å². The molecule has 17 nitrogen and oxygen atoms in total. The molecule has 10 atom stereocenters. The van der Waals surface area contributed by atoms with Crippen molar-refractivity contribution in [3.05, 3.63) is 147 Å². The highest BCUT2D eigenvalue weighted by Gasteiger charge is 2.54. The third-order valence-corrected chi connectivity index (χ3v) is 12.4. The second kappa shape index (κ2) is 18.1. The van der Waals surface area contributed by atoms with Gasteiger partial charge in [-0.3, -0.25) is 14.4 Å². The van der Waals surface area contributed by atoms with Gasteiger partial charge in [0.15, 0.2) is 18.0 Å². The minimum Gasteiger partial charge on any atom is -0.488 e. The van der Waals surface area contributed by atoms with Gasteiger partial charge in [-0.25, -0.2) is 0 Å². The number of ether oxygens (including phenoxy) is 7. The summed E-state index contributed by atoms with van der Waals surface area (Å²) in [5.74, 6) is -0.571. The number of hydrogen-bond donors (Lipinski definition) is 2. The van der Waals surface area contributed by atoms with Crippen LogP contribution in [0.2, 0.25) is 0 Å². The SMILES string of the molecule is CC[C@]1(OC2CC(OC)C(O)C(C)O2)C[C@H](OC2CC(O)C(N=[N+]=[N-])C(C)O2)c2c(c(=[N+]=[N-])c3c(=O)c4c(OCc5ccccc5)ccc(OCc5ccccc5)c4c(=O)c2=3)C1=O. The average Bonchev–Trinajstić information content (AvgIpc) is 3.65. The third-order valence-electron chi connectivity index (χ3n) is 12.4. The zero-order valence-electron chi connectivity index (χ0n) is 35.1. The number of benzene rings is 3. The van der Waals surface area contributed by atoms with Gasteiger partial charge < -0.3 is 48.9 Å². The second-order valence-corrected chi connectivity index (χ2v) is 16.2. The number of azide groups is 1. The van der Waals surface area contributed by atoms with Gasteiger partial charge in [0.05, 0.1) is 47.3 Å². The van der Waals surface area contributed by atoms with E-state index in [1.807, 2.05) is 60.7 Å². The summed E-state index contributed by atoms with van der Waals surface area (Å²) in [6.45, 7) is 5.05. The van der Waals surface area contributed by atoms with E-state index in [2.05, 4.69) is 14.8 Å². The fraction of sp³-hybridized carbons (Fsp3) is 0.435. The minimum atomic E-state index is -1.78. The standard InChI is InChI=1S/C46H47N5O12/c1-5-46(63-33-19-30(57-4)42(53)24(3)61-33)20-31(62-32-18-27(52)40(50-51-48)23(2)60-32)34-37-38(41(49-47)39(34)45(46)56)44(55)36-29(59-22-26-14-10-7-11-15-26)17-16-28(35(36)43(37)54)58-21-25-12-8-6-9-13-25/h6-17,23-24,27,30-33,40,42,52-53H,5,18-22H2,1-4H3/t23?,24?,27?,30?,31-,32?,33?,40?,42?,46-/m0/s1. The zero-order chi connectivity index (χ0) is 44.6. The van der Waals surface area contributed by atoms with Gasteiger partial charge in [0.2, 0.25) is 11.2 Å². The summed E-state index contributed by atoms with van der Waals surface area (Å²) in [5.41, 5.74) is 18.0. The van der Waals surface area contributed by atoms with Gasteiger partial charge in [-0.05, 0) is 49.1 Å². The van der Waals surface area contributed by atoms with Gasteiger partial charge in [0.1, 0.15) is 47.2 Å². The average molecular weight is 862 g/mol. The van der Waals surface area contributed by atoms with Gasteiger partial charge in [0, 0.05) is 42.1 Å². The number of aliphatic hydroxyl groups is 2. The first-order valence-electron chi connectivity index (χ1n) is 20.9. The van der Waals surface area contributed by atoms with Crippen molar-refractivity contribution in [1.82, 2.24) is 0 Å². The summed E-state index contributed by atoms with van der Waals surface area (Å²) in [6, 6.07) is 20.6. The molecular formula is C46H47N5O12. The van der Waals surface area contributed by atoms with Crippen LogP contribution in [-0.2, 0) is 36.9 Å². The molecule has 3 aromatic rings. The number of aliphatic hydroxyl groups excluding tert-OH is 2. The van der Waals surface area contributed by atoms with Crippen LogP contribution in [0, 0.1) is 10.4 Å². The summed E-state index contributed by atoms with van der Waals surface area (Å²) in [5, 5.41) is 24.2. The molecule has 0 bridgehead atoms. The van der Waals surface area contributed by atoms with E-state index in [0.29, 0.717) is 0 Å². The molecule has 8 unspecified atom stereocenters. The van der Waals surface area contributed by atoms with Gasteiger partial charge >= 0.3 is 5.36 Å². The Labute approximate surface area is 360 Å². The van der Waals surface area contributed by atoms with Gasteiger partial charge in [-0.1, -0.05) is 72.7 Å². The summed E-state index contributed by atoms with van der Waals surface area (Å²) < 4.78 is 43.4. The summed E-state index contributed by atoms with van der Waals surface area (Å²) in [4.78, 5) is 52.2. The highest BCUT2D eigenvalue weighted by Crippen LogP contribution is 2.45. The number of fused-ring (bicyclic) bond motifs is 3. The quantitative estimate of drug-likeness (QED) is 0.0909. The second-order valence-electron chi connectivity index (χ2n) is 16.2. The van der Waals surface area contributed by atoms with Crippen molar-refractivity contribution in [3.8, 4) is 11.5 Å². The topological polar surface area (TPSA) is 241 Å². The van der Waals surface area contributed by atoms with Gasteiger partial charge in [0.25, 0.3) is 0 Å². The van der Waals surface area contributed by atoms with Crippen LogP contribution in [0.1, 0.15) is 79.6 Å². The molecule has 8 rings (SSSR count). The molecule has 2 aliphatic heterocycles. The lowest BCUT2D eigenvalue weighted by Crippen LogP contribution is -2.55. The normalized spacial score (nSPS) is 28.3. The number of rotatable bonds is 13. The van der Waals surface area contributed by atoms with E-state index in [1.165, 1.54) is 13.2 Å². The maximum absolute atomic E-state index is 15.4. The molecule has 2 N–H and O–H groups in total. The summed E-state index contributed by atoms with van der Waals surface area (Å²) in [7, 11) is 1.44. The number of ketones is 1. The van der Waals surface area contributed by atoms with Crippen LogP contribution in [0.4, 0.5) is 0 Å². The number of methoxy groups -OCH3 is 1. The van der Waals surface area contributed by atoms with E-state index in [0.717, 1.165) is 11.1 Å². The van der Waals surface area contributed by atoms with Crippen molar-refractivity contribution < 1.29 is 53.0 Å². The van der Waals surface area contributed by atoms with Gasteiger partial charge in [-0.15, -0.1) is 0 Å². The molecule has 2 heterocycles. The highest BCUT2D eigenvalue weighted by atomic mass is 16.7. The van der Waals surface area contributed by atoms with Crippen molar-refractivity contribution >= 4 is 16.6 Å². The number of carbonyl (C=O) groups is 1. The lowest BCUT2D eigenvalue weighted by molar-refractivity contribution is -0.285. The van der Waals surface area contributed by atoms with Crippen molar-refractivity contribution in [2.75, 3.05) is 7.11 Å². The first-order valence-corrected chi connectivity index (χ1v) is 20.9. The Kier molecular flexibility index (Phi) is 12.6. The monoisotopic (exact) mass is 861 g/mol. The van der Waals surface area contributed by atoms with Crippen LogP contribution in [0.5, 0.6) is 11.5 Å². The van der Waals surface area contributed by atoms with Crippen molar-refractivity contribution in [3.63, 3.8) is 0 Å². The zero-order valence-corrected chi connectivity index (χ0v) is 35.1. The Bertz CT molecular complexity index is 2800. The molecule has 0 amide bonds. The maximum Gasteiger partial charge on any atom is 0.338 e. The van der Waals surface area contributed by atoms with Crippen LogP contribution in [0.25, 0.3) is 26.7 Å². The van der Waals surface area contributed by atoms with Crippen LogP contribution in [0.3, 0.4) is 0 Å². The Hall–Kier alpha value is -5.84. The Morgan fingerprint density at radius 2 is 1.40 bits per heavy atom. The van der Waals surface area contributed by atoms with Crippen molar-refractivity contribution in [2.45, 2.75) is 121 Å². The van der Waals surface area contributed by atoms with E-state index in [9.17, 15) is 15.7 Å². The predicted octanol–water partition coefficient (Wildman–Crippen LogP) is 4.94. The lowest BCUT2D eigenvalue weighted by Gasteiger charge is -2.45. The fourth-order valence-corrected chi connectivity index (χ4v) is 9.14. The third kappa shape index (κ3) is 8.04. The Balaban J connectivity index is 1.35. The van der Waals surface area contributed by atoms with Crippen molar-refractivity contribution in [1.29, 1.82) is 0 Å². The molecule has 17 heteroatoms. The van der Waals surface area contributed by atoms with Crippen LogP contribution < -0.4 is 25.7 Å². The molecule has 0 aromatic heterocycles. The van der Waals surface area contributed by atoms with Crippen LogP contribution >= 0.6 is 0 Å². The lowest BCUT2D eigenvalue weighted by atomic mass is 9.76. The molecule has 3 aliphatic carbocycles. The number of Topliss-reactive ketones (excluding diaryl/α,β-unsaturated/α-hetero) is 1. The maximum atomic E-state index is 15.4. The molecule has 328 valence electrons. The fourth-order valence-electron chi connectivity index (χ4n) is 9.14. The Morgan fingerprint density at radius 3 is 1.94 bits per heavy atom. The molecule has 0 saturated carbocycles. The number of nitrogens with zero attached hydrogens (tertiary/aromatic N) is 5. The largest absolute Gasteiger partial charge is 0.488 e. The number of hydrogen-bond acceptors (Lipinski definition) is 13. The first kappa shape index (κ1) is 43.8.